The van der Waals surface area contributed by atoms with Crippen LogP contribution in [0.2, 0.25) is 0 Å². The molecule has 1 aromatic carbocycles. The van der Waals surface area contributed by atoms with Gasteiger partial charge < -0.3 is 15.8 Å². The fourth-order valence-corrected chi connectivity index (χ4v) is 4.22. The van der Waals surface area contributed by atoms with Crippen LogP contribution in [0.25, 0.3) is 0 Å². The maximum absolute atomic E-state index is 12.9. The van der Waals surface area contributed by atoms with Crippen LogP contribution in [0.3, 0.4) is 0 Å². The van der Waals surface area contributed by atoms with Crippen molar-refractivity contribution in [2.45, 2.75) is 63.7 Å². The van der Waals surface area contributed by atoms with E-state index >= 15 is 0 Å². The molecule has 2 aliphatic rings. The van der Waals surface area contributed by atoms with Crippen molar-refractivity contribution in [2.24, 2.45) is 11.1 Å². The summed E-state index contributed by atoms with van der Waals surface area (Å²) < 4.78 is 5.43. The van der Waals surface area contributed by atoms with Crippen molar-refractivity contribution in [3.05, 3.63) is 35.4 Å². The number of nitrogens with two attached hydrogens (primary N) is 1. The number of benzene rings is 1. The zero-order valence-corrected chi connectivity index (χ0v) is 17.8. The highest BCUT2D eigenvalue weighted by Crippen LogP contribution is 2.44. The largest absolute Gasteiger partial charge is 0.381 e. The van der Waals surface area contributed by atoms with Crippen LogP contribution in [0.15, 0.2) is 24.3 Å². The molecule has 0 unspecified atom stereocenters. The summed E-state index contributed by atoms with van der Waals surface area (Å²) in [7, 11) is 0. The number of carbonyl (C=O) groups excluding carboxylic acids is 1. The molecular weight excluding hydrogens is 360 g/mol. The highest BCUT2D eigenvalue weighted by Gasteiger charge is 2.42. The molecule has 3 rings (SSSR count). The van der Waals surface area contributed by atoms with Gasteiger partial charge >= 0.3 is 0 Å². The molecule has 27 heavy (non-hydrogen) atoms. The van der Waals surface area contributed by atoms with Gasteiger partial charge in [0.15, 0.2) is 0 Å². The quantitative estimate of drug-likeness (QED) is 0.800. The fraction of sp³-hybridized carbons (Fsp3) is 0.682. The van der Waals surface area contributed by atoms with E-state index in [1.165, 1.54) is 17.5 Å². The van der Waals surface area contributed by atoms with Crippen molar-refractivity contribution < 1.29 is 9.53 Å². The van der Waals surface area contributed by atoms with Gasteiger partial charge in [-0.1, -0.05) is 51.5 Å². The lowest BCUT2D eigenvalue weighted by Gasteiger charge is -2.44. The molecule has 152 valence electrons. The van der Waals surface area contributed by atoms with Crippen molar-refractivity contribution in [2.75, 3.05) is 26.3 Å². The lowest BCUT2D eigenvalue weighted by molar-refractivity contribution is -0.136. The smallest absolute Gasteiger partial charge is 0.227 e. The molecule has 0 spiro atoms. The third kappa shape index (κ3) is 4.49. The Morgan fingerprint density at radius 1 is 1.11 bits per heavy atom. The highest BCUT2D eigenvalue weighted by molar-refractivity contribution is 5.85. The number of nitrogens with one attached hydrogen (secondary N) is 1. The number of rotatable bonds is 5. The summed E-state index contributed by atoms with van der Waals surface area (Å²) in [6, 6.07) is 9.02. The van der Waals surface area contributed by atoms with E-state index in [4.69, 9.17) is 10.5 Å². The molecule has 4 nitrogen and oxygen atoms in total. The van der Waals surface area contributed by atoms with Crippen LogP contribution < -0.4 is 11.1 Å². The van der Waals surface area contributed by atoms with Crippen molar-refractivity contribution in [3.8, 4) is 0 Å². The Morgan fingerprint density at radius 2 is 1.70 bits per heavy atom. The highest BCUT2D eigenvalue weighted by atomic mass is 35.5. The molecule has 1 saturated heterocycles. The molecule has 5 heteroatoms. The Balaban J connectivity index is 0.00000261. The molecule has 1 aliphatic carbocycles. The van der Waals surface area contributed by atoms with Gasteiger partial charge in [0, 0.05) is 31.7 Å². The summed E-state index contributed by atoms with van der Waals surface area (Å²) in [4.78, 5) is 12.9. The first-order valence-electron chi connectivity index (χ1n) is 9.99. The fourth-order valence-electron chi connectivity index (χ4n) is 4.22. The number of ether oxygens (including phenoxy) is 1. The molecule has 1 aliphatic heterocycles. The lowest BCUT2D eigenvalue weighted by atomic mass is 9.64. The van der Waals surface area contributed by atoms with Gasteiger partial charge in [-0.15, -0.1) is 12.4 Å². The third-order valence-corrected chi connectivity index (χ3v) is 6.58. The Hall–Kier alpha value is -1.10. The second-order valence-electron chi connectivity index (χ2n) is 9.24. The summed E-state index contributed by atoms with van der Waals surface area (Å²) in [5.41, 5.74) is 8.49. The maximum atomic E-state index is 12.9. The standard InChI is InChI=1S/C22H34N2O2.ClH/c1-20(2,3)17-5-7-18(8-6-17)22(9-4-10-22)16-24-19(25)21(15-23)11-13-26-14-12-21;/h5-8H,4,9-16,23H2,1-3H3,(H,24,25);1H. The van der Waals surface area contributed by atoms with Gasteiger partial charge in [0.05, 0.1) is 5.41 Å². The van der Waals surface area contributed by atoms with Crippen LogP contribution >= 0.6 is 12.4 Å². The summed E-state index contributed by atoms with van der Waals surface area (Å²) >= 11 is 0. The first-order valence-corrected chi connectivity index (χ1v) is 9.99. The Kier molecular flexibility index (Phi) is 6.99. The van der Waals surface area contributed by atoms with Crippen molar-refractivity contribution >= 4 is 18.3 Å². The van der Waals surface area contributed by atoms with E-state index in [-0.39, 0.29) is 29.1 Å². The first-order chi connectivity index (χ1) is 12.3. The molecule has 0 aromatic heterocycles. The van der Waals surface area contributed by atoms with E-state index in [0.29, 0.717) is 26.3 Å². The monoisotopic (exact) mass is 394 g/mol. The average Bonchev–Trinajstić information content (AvgIpc) is 2.61. The molecule has 1 amide bonds. The lowest BCUT2D eigenvalue weighted by Crippen LogP contribution is -2.53. The molecule has 3 N–H and O–H groups in total. The molecule has 0 radical (unpaired) electrons. The molecule has 0 bridgehead atoms. The topological polar surface area (TPSA) is 64.4 Å². The molecule has 2 fully saturated rings. The van der Waals surface area contributed by atoms with E-state index in [2.05, 4.69) is 50.4 Å². The normalized spacial score (nSPS) is 20.9. The second kappa shape index (κ2) is 8.50. The van der Waals surface area contributed by atoms with Gasteiger partial charge in [0.25, 0.3) is 0 Å². The number of hydrogen-bond acceptors (Lipinski definition) is 3. The van der Waals surface area contributed by atoms with Gasteiger partial charge in [0.1, 0.15) is 0 Å². The maximum Gasteiger partial charge on any atom is 0.227 e. The first kappa shape index (κ1) is 22.2. The van der Waals surface area contributed by atoms with Crippen LogP contribution in [0.5, 0.6) is 0 Å². The molecule has 0 atom stereocenters. The number of hydrogen-bond donors (Lipinski definition) is 2. The molecule has 1 aromatic rings. The minimum absolute atomic E-state index is 0. The van der Waals surface area contributed by atoms with E-state index in [9.17, 15) is 4.79 Å². The van der Waals surface area contributed by atoms with Gasteiger partial charge in [-0.2, -0.15) is 0 Å². The predicted molar refractivity (Wildman–Crippen MR) is 112 cm³/mol. The zero-order valence-electron chi connectivity index (χ0n) is 17.0. The summed E-state index contributed by atoms with van der Waals surface area (Å²) in [5.74, 6) is 0.112. The Morgan fingerprint density at radius 3 is 2.15 bits per heavy atom. The van der Waals surface area contributed by atoms with E-state index in [1.54, 1.807) is 0 Å². The van der Waals surface area contributed by atoms with Gasteiger partial charge in [-0.25, -0.2) is 0 Å². The van der Waals surface area contributed by atoms with Gasteiger partial charge in [0.2, 0.25) is 5.91 Å². The summed E-state index contributed by atoms with van der Waals surface area (Å²) in [5, 5.41) is 3.26. The number of halogens is 1. The van der Waals surface area contributed by atoms with Crippen molar-refractivity contribution in [3.63, 3.8) is 0 Å². The summed E-state index contributed by atoms with van der Waals surface area (Å²) in [6.45, 7) is 9.08. The van der Waals surface area contributed by atoms with Crippen LogP contribution in [-0.4, -0.2) is 32.2 Å². The Labute approximate surface area is 170 Å². The SMILES string of the molecule is CC(C)(C)c1ccc(C2(CNC(=O)C3(CN)CCOCC3)CCC2)cc1.Cl. The number of amides is 1. The van der Waals surface area contributed by atoms with E-state index < -0.39 is 5.41 Å². The van der Waals surface area contributed by atoms with Crippen LogP contribution in [0.1, 0.15) is 64.0 Å². The molecular formula is C22H35ClN2O2. The molecule has 1 saturated carbocycles. The summed E-state index contributed by atoms with van der Waals surface area (Å²) in [6.07, 6.45) is 4.96. The Bertz CT molecular complexity index is 627. The van der Waals surface area contributed by atoms with Gasteiger partial charge in [-0.05, 0) is 42.2 Å². The molecule has 1 heterocycles. The minimum atomic E-state index is -0.445. The number of carbonyl (C=O) groups is 1. The van der Waals surface area contributed by atoms with E-state index in [1.807, 2.05) is 0 Å². The zero-order chi connectivity index (χ0) is 18.8. The predicted octanol–water partition coefficient (Wildman–Crippen LogP) is 3.70. The van der Waals surface area contributed by atoms with Crippen LogP contribution in [-0.2, 0) is 20.4 Å². The minimum Gasteiger partial charge on any atom is -0.381 e. The third-order valence-electron chi connectivity index (χ3n) is 6.58. The van der Waals surface area contributed by atoms with Crippen molar-refractivity contribution in [1.29, 1.82) is 0 Å². The van der Waals surface area contributed by atoms with Gasteiger partial charge in [-0.3, -0.25) is 4.79 Å². The average molecular weight is 395 g/mol. The van der Waals surface area contributed by atoms with Crippen LogP contribution in [0, 0.1) is 5.41 Å². The van der Waals surface area contributed by atoms with E-state index in [0.717, 1.165) is 25.7 Å². The van der Waals surface area contributed by atoms with Crippen molar-refractivity contribution in [1.82, 2.24) is 5.32 Å². The van der Waals surface area contributed by atoms with Crippen LogP contribution in [0.4, 0.5) is 0 Å². The second-order valence-corrected chi connectivity index (χ2v) is 9.24.